The largest absolute Gasteiger partial charge is 0.366 e. The van der Waals surface area contributed by atoms with Gasteiger partial charge in [-0.25, -0.2) is 4.39 Å². The molecule has 3 heteroatoms. The van der Waals surface area contributed by atoms with Crippen LogP contribution in [0.15, 0.2) is 18.2 Å². The van der Waals surface area contributed by atoms with Gasteiger partial charge >= 0.3 is 0 Å². The fourth-order valence-electron chi connectivity index (χ4n) is 2.05. The molecule has 2 N–H and O–H groups in total. The zero-order valence-corrected chi connectivity index (χ0v) is 9.91. The molecule has 1 aromatic rings. The van der Waals surface area contributed by atoms with Crippen LogP contribution >= 0.6 is 0 Å². The third kappa shape index (κ3) is 2.19. The minimum Gasteiger partial charge on any atom is -0.366 e. The SMILES string of the molecule is CCN(c1ccc([C@@H](C)N)cc1F)C1CC1. The molecule has 1 fully saturated rings. The monoisotopic (exact) mass is 222 g/mol. The van der Waals surface area contributed by atoms with Gasteiger partial charge in [0.2, 0.25) is 0 Å². The summed E-state index contributed by atoms with van der Waals surface area (Å²) in [7, 11) is 0. The van der Waals surface area contributed by atoms with Crippen LogP contribution in [0, 0.1) is 5.82 Å². The predicted octanol–water partition coefficient (Wildman–Crippen LogP) is 2.83. The average molecular weight is 222 g/mol. The summed E-state index contributed by atoms with van der Waals surface area (Å²) in [5, 5.41) is 0. The third-order valence-electron chi connectivity index (χ3n) is 3.14. The molecule has 0 bridgehead atoms. The van der Waals surface area contributed by atoms with E-state index in [1.165, 1.54) is 12.8 Å². The summed E-state index contributed by atoms with van der Waals surface area (Å²) in [4.78, 5) is 2.14. The summed E-state index contributed by atoms with van der Waals surface area (Å²) in [5.74, 6) is -0.149. The molecule has 1 saturated carbocycles. The van der Waals surface area contributed by atoms with Crippen molar-refractivity contribution in [1.29, 1.82) is 0 Å². The summed E-state index contributed by atoms with van der Waals surface area (Å²) in [6.45, 7) is 4.79. The Balaban J connectivity index is 2.27. The summed E-state index contributed by atoms with van der Waals surface area (Å²) in [5.41, 5.74) is 7.30. The number of rotatable bonds is 4. The van der Waals surface area contributed by atoms with Crippen LogP contribution in [0.5, 0.6) is 0 Å². The molecule has 1 aromatic carbocycles. The number of anilines is 1. The number of benzene rings is 1. The minimum atomic E-state index is -0.149. The number of hydrogen-bond donors (Lipinski definition) is 1. The lowest BCUT2D eigenvalue weighted by Crippen LogP contribution is -2.26. The van der Waals surface area contributed by atoms with Crippen molar-refractivity contribution in [3.63, 3.8) is 0 Å². The molecule has 0 spiro atoms. The maximum absolute atomic E-state index is 13.9. The van der Waals surface area contributed by atoms with E-state index in [-0.39, 0.29) is 11.9 Å². The van der Waals surface area contributed by atoms with Crippen molar-refractivity contribution in [1.82, 2.24) is 0 Å². The Morgan fingerprint density at radius 3 is 2.62 bits per heavy atom. The van der Waals surface area contributed by atoms with Crippen LogP contribution < -0.4 is 10.6 Å². The van der Waals surface area contributed by atoms with Crippen LogP contribution in [0.25, 0.3) is 0 Å². The summed E-state index contributed by atoms with van der Waals surface area (Å²) < 4.78 is 13.9. The molecule has 2 rings (SSSR count). The van der Waals surface area contributed by atoms with Crippen LogP contribution in [0.2, 0.25) is 0 Å². The van der Waals surface area contributed by atoms with Crippen LogP contribution in [0.3, 0.4) is 0 Å². The standard InChI is InChI=1S/C13H19FN2/c1-3-16(11-5-6-11)13-7-4-10(9(2)15)8-12(13)14/h4,7-9,11H,3,5-6,15H2,1-2H3/t9-/m1/s1. The van der Waals surface area contributed by atoms with E-state index in [9.17, 15) is 4.39 Å². The maximum Gasteiger partial charge on any atom is 0.146 e. The molecule has 0 aliphatic heterocycles. The maximum atomic E-state index is 13.9. The fourth-order valence-corrected chi connectivity index (χ4v) is 2.05. The van der Waals surface area contributed by atoms with Gasteiger partial charge in [-0.05, 0) is 44.4 Å². The molecule has 0 amide bonds. The van der Waals surface area contributed by atoms with Crippen molar-refractivity contribution in [2.24, 2.45) is 5.73 Å². The highest BCUT2D eigenvalue weighted by molar-refractivity contribution is 5.51. The van der Waals surface area contributed by atoms with E-state index in [4.69, 9.17) is 5.73 Å². The molecular weight excluding hydrogens is 203 g/mol. The number of halogens is 1. The normalized spacial score (nSPS) is 17.2. The first-order chi connectivity index (χ1) is 7.63. The lowest BCUT2D eigenvalue weighted by Gasteiger charge is -2.23. The highest BCUT2D eigenvalue weighted by Gasteiger charge is 2.29. The Morgan fingerprint density at radius 2 is 2.19 bits per heavy atom. The first kappa shape index (κ1) is 11.4. The zero-order chi connectivity index (χ0) is 11.7. The van der Waals surface area contributed by atoms with Crippen LogP contribution in [0.4, 0.5) is 10.1 Å². The van der Waals surface area contributed by atoms with Crippen molar-refractivity contribution in [2.75, 3.05) is 11.4 Å². The molecule has 0 unspecified atom stereocenters. The van der Waals surface area contributed by atoms with Gasteiger partial charge in [0.25, 0.3) is 0 Å². The van der Waals surface area contributed by atoms with E-state index >= 15 is 0 Å². The molecule has 16 heavy (non-hydrogen) atoms. The predicted molar refractivity (Wildman–Crippen MR) is 65.0 cm³/mol. The number of nitrogens with two attached hydrogens (primary N) is 1. The van der Waals surface area contributed by atoms with Gasteiger partial charge in [-0.15, -0.1) is 0 Å². The van der Waals surface area contributed by atoms with Gasteiger partial charge in [0.05, 0.1) is 5.69 Å². The second kappa shape index (κ2) is 4.42. The molecule has 0 radical (unpaired) electrons. The second-order valence-electron chi connectivity index (χ2n) is 4.52. The van der Waals surface area contributed by atoms with E-state index in [1.54, 1.807) is 6.07 Å². The van der Waals surface area contributed by atoms with Crippen LogP contribution in [0.1, 0.15) is 38.3 Å². The zero-order valence-electron chi connectivity index (χ0n) is 9.91. The lowest BCUT2D eigenvalue weighted by molar-refractivity contribution is 0.612. The molecule has 2 nitrogen and oxygen atoms in total. The highest BCUT2D eigenvalue weighted by Crippen LogP contribution is 2.33. The molecule has 1 aliphatic carbocycles. The molecule has 0 saturated heterocycles. The first-order valence-corrected chi connectivity index (χ1v) is 5.95. The Hall–Kier alpha value is -1.09. The Morgan fingerprint density at radius 1 is 1.50 bits per heavy atom. The Kier molecular flexibility index (Phi) is 3.15. The Labute approximate surface area is 96.2 Å². The lowest BCUT2D eigenvalue weighted by atomic mass is 10.1. The van der Waals surface area contributed by atoms with Gasteiger partial charge in [0.15, 0.2) is 0 Å². The van der Waals surface area contributed by atoms with E-state index in [2.05, 4.69) is 11.8 Å². The van der Waals surface area contributed by atoms with Gasteiger partial charge in [-0.2, -0.15) is 0 Å². The van der Waals surface area contributed by atoms with Crippen LogP contribution in [-0.4, -0.2) is 12.6 Å². The summed E-state index contributed by atoms with van der Waals surface area (Å²) >= 11 is 0. The van der Waals surface area contributed by atoms with Gasteiger partial charge in [-0.1, -0.05) is 6.07 Å². The van der Waals surface area contributed by atoms with Gasteiger partial charge in [-0.3, -0.25) is 0 Å². The van der Waals surface area contributed by atoms with E-state index in [1.807, 2.05) is 19.1 Å². The number of nitrogens with zero attached hydrogens (tertiary/aromatic N) is 1. The third-order valence-corrected chi connectivity index (χ3v) is 3.14. The van der Waals surface area contributed by atoms with Gasteiger partial charge < -0.3 is 10.6 Å². The van der Waals surface area contributed by atoms with Crippen molar-refractivity contribution in [2.45, 2.75) is 38.8 Å². The van der Waals surface area contributed by atoms with Crippen molar-refractivity contribution in [3.8, 4) is 0 Å². The van der Waals surface area contributed by atoms with Crippen molar-refractivity contribution >= 4 is 5.69 Å². The van der Waals surface area contributed by atoms with Crippen LogP contribution in [-0.2, 0) is 0 Å². The summed E-state index contributed by atoms with van der Waals surface area (Å²) in [6, 6.07) is 5.77. The quantitative estimate of drug-likeness (QED) is 0.848. The molecule has 0 heterocycles. The second-order valence-corrected chi connectivity index (χ2v) is 4.52. The van der Waals surface area contributed by atoms with Crippen molar-refractivity contribution < 1.29 is 4.39 Å². The molecule has 88 valence electrons. The minimum absolute atomic E-state index is 0.112. The first-order valence-electron chi connectivity index (χ1n) is 5.95. The fraction of sp³-hybridized carbons (Fsp3) is 0.538. The smallest absolute Gasteiger partial charge is 0.146 e. The average Bonchev–Trinajstić information content (AvgIpc) is 3.05. The van der Waals surface area contributed by atoms with E-state index in [0.29, 0.717) is 6.04 Å². The van der Waals surface area contributed by atoms with Gasteiger partial charge in [0, 0.05) is 18.6 Å². The number of hydrogen-bond acceptors (Lipinski definition) is 2. The van der Waals surface area contributed by atoms with E-state index in [0.717, 1.165) is 17.8 Å². The van der Waals surface area contributed by atoms with E-state index < -0.39 is 0 Å². The molecular formula is C13H19FN2. The highest BCUT2D eigenvalue weighted by atomic mass is 19.1. The van der Waals surface area contributed by atoms with Gasteiger partial charge in [0.1, 0.15) is 5.82 Å². The topological polar surface area (TPSA) is 29.3 Å². The molecule has 0 aromatic heterocycles. The Bertz CT molecular complexity index is 372. The molecule has 1 atom stereocenters. The molecule has 1 aliphatic rings. The summed E-state index contributed by atoms with van der Waals surface area (Å²) in [6.07, 6.45) is 2.37. The van der Waals surface area contributed by atoms with Crippen molar-refractivity contribution in [3.05, 3.63) is 29.6 Å².